The number of aliphatic hydroxyl groups excluding tert-OH is 3. The maximum absolute atomic E-state index is 9.98. The molecule has 0 unspecified atom stereocenters. The summed E-state index contributed by atoms with van der Waals surface area (Å²) in [4.78, 5) is 0. The first-order chi connectivity index (χ1) is 13.2. The molecule has 3 N–H and O–H groups in total. The Morgan fingerprint density at radius 2 is 1.44 bits per heavy atom. The number of hydrogen-bond acceptors (Lipinski definition) is 5. The van der Waals surface area contributed by atoms with Crippen molar-refractivity contribution in [1.29, 1.82) is 0 Å². The van der Waals surface area contributed by atoms with Gasteiger partial charge in [0, 0.05) is 6.61 Å². The van der Waals surface area contributed by atoms with Crippen molar-refractivity contribution >= 4 is 0 Å². The summed E-state index contributed by atoms with van der Waals surface area (Å²) >= 11 is 0. The third-order valence-electron chi connectivity index (χ3n) is 5.24. The highest BCUT2D eigenvalue weighted by molar-refractivity contribution is 4.87. The van der Waals surface area contributed by atoms with Crippen LogP contribution in [0, 0.1) is 0 Å². The van der Waals surface area contributed by atoms with Gasteiger partial charge in [-0.15, -0.1) is 0 Å². The van der Waals surface area contributed by atoms with Crippen molar-refractivity contribution < 1.29 is 24.8 Å². The van der Waals surface area contributed by atoms with Gasteiger partial charge in [-0.05, 0) is 25.7 Å². The molecule has 0 amide bonds. The predicted molar refractivity (Wildman–Crippen MR) is 109 cm³/mol. The van der Waals surface area contributed by atoms with Gasteiger partial charge in [0.05, 0.1) is 13.2 Å². The minimum absolute atomic E-state index is 0.220. The van der Waals surface area contributed by atoms with E-state index in [2.05, 4.69) is 19.1 Å². The summed E-state index contributed by atoms with van der Waals surface area (Å²) in [5.41, 5.74) is 0. The quantitative estimate of drug-likeness (QED) is 0.278. The highest BCUT2D eigenvalue weighted by atomic mass is 16.6. The van der Waals surface area contributed by atoms with Crippen LogP contribution in [0.2, 0.25) is 0 Å². The summed E-state index contributed by atoms with van der Waals surface area (Å²) in [6.45, 7) is 2.72. The van der Waals surface area contributed by atoms with Gasteiger partial charge in [-0.2, -0.15) is 0 Å². The lowest BCUT2D eigenvalue weighted by atomic mass is 10.0. The number of hydrogen-bond donors (Lipinski definition) is 3. The molecule has 1 rings (SSSR count). The Hall–Kier alpha value is -0.460. The van der Waals surface area contributed by atoms with E-state index in [1.54, 1.807) is 0 Å². The van der Waals surface area contributed by atoms with Gasteiger partial charge in [-0.25, -0.2) is 0 Å². The molecule has 0 aliphatic carbocycles. The van der Waals surface area contributed by atoms with Gasteiger partial charge in [0.15, 0.2) is 0 Å². The molecule has 0 aromatic carbocycles. The van der Waals surface area contributed by atoms with Crippen LogP contribution < -0.4 is 0 Å². The molecule has 1 saturated heterocycles. The zero-order valence-corrected chi connectivity index (χ0v) is 17.2. The molecule has 1 aliphatic heterocycles. The standard InChI is InChI=1S/C22H42O5/c1-2-3-4-5-6-7-8-9-10-11-12-13-14-15-16-26-20-18-27-19(17-23)21(24)22(20)25/h4-5,19-25H,2-3,6-18H2,1H3/b5-4+/t19-,20+,21-,22-/m1/s1. The van der Waals surface area contributed by atoms with Crippen LogP contribution >= 0.6 is 0 Å². The Bertz CT molecular complexity index is 361. The topological polar surface area (TPSA) is 79.2 Å². The fourth-order valence-corrected chi connectivity index (χ4v) is 3.40. The van der Waals surface area contributed by atoms with Crippen molar-refractivity contribution in [3.05, 3.63) is 12.2 Å². The molecule has 5 nitrogen and oxygen atoms in total. The average Bonchev–Trinajstić information content (AvgIpc) is 2.68. The molecule has 27 heavy (non-hydrogen) atoms. The molecule has 160 valence electrons. The van der Waals surface area contributed by atoms with Crippen LogP contribution in [0.3, 0.4) is 0 Å². The smallest absolute Gasteiger partial charge is 0.111 e. The maximum atomic E-state index is 9.98. The van der Waals surface area contributed by atoms with Crippen LogP contribution in [0.15, 0.2) is 12.2 Å². The summed E-state index contributed by atoms with van der Waals surface area (Å²) < 4.78 is 11.0. The Balaban J connectivity index is 1.85. The summed E-state index contributed by atoms with van der Waals surface area (Å²) in [7, 11) is 0. The molecule has 1 aliphatic rings. The van der Waals surface area contributed by atoms with Gasteiger partial charge in [0.25, 0.3) is 0 Å². The molecule has 1 fully saturated rings. The SMILES string of the molecule is CCC/C=C/CCCCCCCCCCCO[C@H]1CO[C@H](CO)[C@@H](O)[C@@H]1O. The minimum Gasteiger partial charge on any atom is -0.394 e. The van der Waals surface area contributed by atoms with Crippen molar-refractivity contribution in [3.8, 4) is 0 Å². The van der Waals surface area contributed by atoms with Crippen molar-refractivity contribution in [2.45, 2.75) is 108 Å². The highest BCUT2D eigenvalue weighted by Crippen LogP contribution is 2.18. The van der Waals surface area contributed by atoms with Crippen LogP contribution in [0.25, 0.3) is 0 Å². The number of ether oxygens (including phenoxy) is 2. The normalized spacial score (nSPS) is 26.1. The predicted octanol–water partition coefficient (Wildman–Crippen LogP) is 3.74. The van der Waals surface area contributed by atoms with E-state index in [0.717, 1.165) is 12.8 Å². The summed E-state index contributed by atoms with van der Waals surface area (Å²) in [5, 5.41) is 28.8. The maximum Gasteiger partial charge on any atom is 0.111 e. The first-order valence-corrected chi connectivity index (χ1v) is 11.1. The monoisotopic (exact) mass is 386 g/mol. The summed E-state index contributed by atoms with van der Waals surface area (Å²) in [5.74, 6) is 0. The van der Waals surface area contributed by atoms with E-state index in [1.165, 1.54) is 64.2 Å². The van der Waals surface area contributed by atoms with Gasteiger partial charge < -0.3 is 24.8 Å². The minimum atomic E-state index is -1.08. The number of rotatable bonds is 16. The Morgan fingerprint density at radius 3 is 2.07 bits per heavy atom. The zero-order chi connectivity index (χ0) is 19.7. The number of allylic oxidation sites excluding steroid dienone is 2. The lowest BCUT2D eigenvalue weighted by Crippen LogP contribution is -2.55. The largest absolute Gasteiger partial charge is 0.394 e. The molecule has 5 heteroatoms. The first-order valence-electron chi connectivity index (χ1n) is 11.1. The van der Waals surface area contributed by atoms with Gasteiger partial charge >= 0.3 is 0 Å². The highest BCUT2D eigenvalue weighted by Gasteiger charge is 2.38. The van der Waals surface area contributed by atoms with Crippen molar-refractivity contribution in [2.24, 2.45) is 0 Å². The van der Waals surface area contributed by atoms with Crippen molar-refractivity contribution in [3.63, 3.8) is 0 Å². The third-order valence-corrected chi connectivity index (χ3v) is 5.24. The van der Waals surface area contributed by atoms with Crippen molar-refractivity contribution in [2.75, 3.05) is 19.8 Å². The second-order valence-electron chi connectivity index (χ2n) is 7.68. The molecule has 0 saturated carbocycles. The molecule has 1 heterocycles. The van der Waals surface area contributed by atoms with Crippen LogP contribution in [-0.2, 0) is 9.47 Å². The molecule has 0 spiro atoms. The van der Waals surface area contributed by atoms with Crippen LogP contribution in [0.5, 0.6) is 0 Å². The lowest BCUT2D eigenvalue weighted by molar-refractivity contribution is -0.208. The van der Waals surface area contributed by atoms with E-state index >= 15 is 0 Å². The fraction of sp³-hybridized carbons (Fsp3) is 0.909. The zero-order valence-electron chi connectivity index (χ0n) is 17.2. The fourth-order valence-electron chi connectivity index (χ4n) is 3.40. The lowest BCUT2D eigenvalue weighted by Gasteiger charge is -2.36. The van der Waals surface area contributed by atoms with Gasteiger partial charge in [-0.3, -0.25) is 0 Å². The molecular formula is C22H42O5. The molecule has 0 aromatic heterocycles. The van der Waals surface area contributed by atoms with Crippen LogP contribution in [-0.4, -0.2) is 59.6 Å². The van der Waals surface area contributed by atoms with Gasteiger partial charge in [0.1, 0.15) is 24.4 Å². The molecule has 4 atom stereocenters. The first kappa shape index (κ1) is 24.6. The average molecular weight is 387 g/mol. The second-order valence-corrected chi connectivity index (χ2v) is 7.68. The van der Waals surface area contributed by atoms with Gasteiger partial charge in [0.2, 0.25) is 0 Å². The molecule has 0 aromatic rings. The Morgan fingerprint density at radius 1 is 0.852 bits per heavy atom. The molecule has 0 bridgehead atoms. The number of aliphatic hydroxyl groups is 3. The van der Waals surface area contributed by atoms with Crippen LogP contribution in [0.1, 0.15) is 84.0 Å². The van der Waals surface area contributed by atoms with E-state index in [-0.39, 0.29) is 13.2 Å². The Kier molecular flexibility index (Phi) is 15.0. The summed E-state index contributed by atoms with van der Waals surface area (Å²) in [6.07, 6.45) is 16.3. The van der Waals surface area contributed by atoms with E-state index in [0.29, 0.717) is 6.61 Å². The Labute approximate surface area is 165 Å². The summed E-state index contributed by atoms with van der Waals surface area (Å²) in [6, 6.07) is 0. The molecule has 0 radical (unpaired) electrons. The van der Waals surface area contributed by atoms with E-state index in [4.69, 9.17) is 14.6 Å². The second kappa shape index (κ2) is 16.5. The van der Waals surface area contributed by atoms with Crippen LogP contribution in [0.4, 0.5) is 0 Å². The van der Waals surface area contributed by atoms with E-state index < -0.39 is 24.4 Å². The van der Waals surface area contributed by atoms with Gasteiger partial charge in [-0.1, -0.05) is 70.4 Å². The van der Waals surface area contributed by atoms with Crippen molar-refractivity contribution in [1.82, 2.24) is 0 Å². The van der Waals surface area contributed by atoms with E-state index in [9.17, 15) is 10.2 Å². The van der Waals surface area contributed by atoms with E-state index in [1.807, 2.05) is 0 Å². The molecular weight excluding hydrogens is 344 g/mol. The third kappa shape index (κ3) is 11.2. The number of unbranched alkanes of at least 4 members (excludes halogenated alkanes) is 10.